The van der Waals surface area contributed by atoms with Crippen molar-refractivity contribution in [2.45, 2.75) is 65.2 Å². The molecule has 1 aromatic rings. The van der Waals surface area contributed by atoms with E-state index in [1.54, 1.807) is 41.5 Å². The molecule has 24 heavy (non-hydrogen) atoms. The lowest BCUT2D eigenvalue weighted by Gasteiger charge is -2.26. The zero-order chi connectivity index (χ0) is 18.5. The van der Waals surface area contributed by atoms with Crippen molar-refractivity contribution < 1.29 is 19.1 Å². The zero-order valence-corrected chi connectivity index (χ0v) is 17.3. The number of halogens is 1. The third-order valence-electron chi connectivity index (χ3n) is 2.76. The summed E-state index contributed by atoms with van der Waals surface area (Å²) in [7, 11) is 0. The fourth-order valence-corrected chi connectivity index (χ4v) is 2.51. The number of carbonyl (C=O) groups is 2. The van der Waals surface area contributed by atoms with E-state index in [1.807, 2.05) is 24.3 Å². The number of rotatable bonds is 4. The van der Waals surface area contributed by atoms with Gasteiger partial charge in [-0.15, -0.1) is 0 Å². The Balaban J connectivity index is 2.93. The molecule has 0 saturated heterocycles. The van der Waals surface area contributed by atoms with Crippen LogP contribution < -0.4 is 5.32 Å². The number of carbonyl (C=O) groups excluding carboxylic acids is 2. The van der Waals surface area contributed by atoms with Crippen LogP contribution in [0.2, 0.25) is 0 Å². The second-order valence-electron chi connectivity index (χ2n) is 7.53. The molecule has 0 bridgehead atoms. The second-order valence-corrected chi connectivity index (χ2v) is 8.69. The van der Waals surface area contributed by atoms with Gasteiger partial charge in [0.25, 0.3) is 0 Å². The van der Waals surface area contributed by atoms with Crippen molar-refractivity contribution in [3.05, 3.63) is 33.4 Å². The van der Waals surface area contributed by atoms with Crippen molar-refractivity contribution in [3.63, 3.8) is 0 Å². The molecule has 5 nitrogen and oxygen atoms in total. The number of esters is 1. The summed E-state index contributed by atoms with van der Waals surface area (Å²) in [6.07, 6.45) is -0.294. The van der Waals surface area contributed by atoms with Crippen molar-refractivity contribution in [1.82, 2.24) is 5.32 Å². The fourth-order valence-electron chi connectivity index (χ4n) is 1.90. The van der Waals surface area contributed by atoms with Gasteiger partial charge in [0, 0.05) is 9.99 Å². The number of hydrogen-bond acceptors (Lipinski definition) is 4. The highest BCUT2D eigenvalue weighted by Gasteiger charge is 2.29. The summed E-state index contributed by atoms with van der Waals surface area (Å²) in [6.45, 7) is 10.7. The summed E-state index contributed by atoms with van der Waals surface area (Å²) in [5.74, 6) is -0.479. The minimum absolute atomic E-state index is 0.341. The largest absolute Gasteiger partial charge is 0.458 e. The molecule has 0 aliphatic rings. The van der Waals surface area contributed by atoms with E-state index in [4.69, 9.17) is 9.47 Å². The molecule has 0 radical (unpaired) electrons. The van der Waals surface area contributed by atoms with Gasteiger partial charge in [0.1, 0.15) is 17.2 Å². The Morgan fingerprint density at radius 1 is 1.04 bits per heavy atom. The number of nitrogens with one attached hydrogen (secondary N) is 1. The molecule has 0 unspecified atom stereocenters. The quantitative estimate of drug-likeness (QED) is 0.559. The van der Waals surface area contributed by atoms with Crippen LogP contribution in [0, 0.1) is 3.57 Å². The Labute approximate surface area is 157 Å². The third-order valence-corrected chi connectivity index (χ3v) is 3.82. The van der Waals surface area contributed by atoms with Crippen LogP contribution in [-0.2, 0) is 20.7 Å². The topological polar surface area (TPSA) is 64.6 Å². The van der Waals surface area contributed by atoms with Crippen molar-refractivity contribution >= 4 is 34.7 Å². The smallest absolute Gasteiger partial charge is 0.408 e. The lowest BCUT2D eigenvalue weighted by molar-refractivity contribution is -0.157. The summed E-state index contributed by atoms with van der Waals surface area (Å²) in [5, 5.41) is 2.63. The first-order chi connectivity index (χ1) is 10.9. The molecule has 0 aliphatic carbocycles. The van der Waals surface area contributed by atoms with Gasteiger partial charge in [0.2, 0.25) is 0 Å². The molecule has 134 valence electrons. The average Bonchev–Trinajstić information content (AvgIpc) is 2.36. The molecule has 1 aromatic carbocycles. The van der Waals surface area contributed by atoms with Crippen LogP contribution in [-0.4, -0.2) is 29.3 Å². The van der Waals surface area contributed by atoms with Crippen LogP contribution in [0.4, 0.5) is 4.79 Å². The van der Waals surface area contributed by atoms with E-state index in [0.29, 0.717) is 6.42 Å². The predicted molar refractivity (Wildman–Crippen MR) is 102 cm³/mol. The molecular weight excluding hydrogens is 421 g/mol. The van der Waals surface area contributed by atoms with Crippen LogP contribution in [0.5, 0.6) is 0 Å². The van der Waals surface area contributed by atoms with Gasteiger partial charge in [-0.05, 0) is 75.8 Å². The Morgan fingerprint density at radius 3 is 2.08 bits per heavy atom. The molecule has 6 heteroatoms. The van der Waals surface area contributed by atoms with Crippen LogP contribution in [0.3, 0.4) is 0 Å². The van der Waals surface area contributed by atoms with Crippen molar-refractivity contribution in [2.24, 2.45) is 0 Å². The van der Waals surface area contributed by atoms with Gasteiger partial charge >= 0.3 is 12.1 Å². The van der Waals surface area contributed by atoms with Crippen LogP contribution in [0.25, 0.3) is 0 Å². The molecule has 0 fully saturated rings. The summed E-state index contributed by atoms with van der Waals surface area (Å²) in [6, 6.07) is 6.90. The number of alkyl carbamates (subject to hydrolysis) is 1. The summed E-state index contributed by atoms with van der Waals surface area (Å²) < 4.78 is 11.7. The van der Waals surface area contributed by atoms with E-state index in [0.717, 1.165) is 9.13 Å². The zero-order valence-electron chi connectivity index (χ0n) is 15.1. The molecule has 0 aromatic heterocycles. The van der Waals surface area contributed by atoms with Gasteiger partial charge in [0.05, 0.1) is 0 Å². The van der Waals surface area contributed by atoms with Crippen molar-refractivity contribution in [1.29, 1.82) is 0 Å². The SMILES string of the molecule is CC(C)(C)OC(=O)N[C@@H](Cc1ccccc1I)C(=O)OC(C)(C)C. The Bertz CT molecular complexity index is 587. The number of amides is 1. The van der Waals surface area contributed by atoms with Crippen molar-refractivity contribution in [3.8, 4) is 0 Å². The van der Waals surface area contributed by atoms with Crippen molar-refractivity contribution in [2.75, 3.05) is 0 Å². The Kier molecular flexibility index (Phi) is 7.07. The van der Waals surface area contributed by atoms with Crippen LogP contribution in [0.1, 0.15) is 47.1 Å². The lowest BCUT2D eigenvalue weighted by Crippen LogP contribution is -2.47. The average molecular weight is 447 g/mol. The minimum Gasteiger partial charge on any atom is -0.458 e. The molecular formula is C18H26INO4. The lowest BCUT2D eigenvalue weighted by atomic mass is 10.1. The molecule has 1 amide bonds. The van der Waals surface area contributed by atoms with Crippen LogP contribution >= 0.6 is 22.6 Å². The first-order valence-electron chi connectivity index (χ1n) is 7.83. The third kappa shape index (κ3) is 7.99. The molecule has 1 rings (SSSR count). The maximum atomic E-state index is 12.5. The van der Waals surface area contributed by atoms with Gasteiger partial charge in [-0.3, -0.25) is 0 Å². The van der Waals surface area contributed by atoms with E-state index in [-0.39, 0.29) is 0 Å². The fraction of sp³-hybridized carbons (Fsp3) is 0.556. The Hall–Kier alpha value is -1.31. The minimum atomic E-state index is -0.810. The monoisotopic (exact) mass is 447 g/mol. The van der Waals surface area contributed by atoms with Gasteiger partial charge in [-0.1, -0.05) is 18.2 Å². The van der Waals surface area contributed by atoms with Gasteiger partial charge in [0.15, 0.2) is 0 Å². The summed E-state index contributed by atoms with van der Waals surface area (Å²) in [4.78, 5) is 24.6. The highest BCUT2D eigenvalue weighted by molar-refractivity contribution is 14.1. The normalized spacial score (nSPS) is 13.1. The molecule has 0 heterocycles. The number of benzene rings is 1. The molecule has 0 saturated carbocycles. The first kappa shape index (κ1) is 20.7. The van der Waals surface area contributed by atoms with Gasteiger partial charge < -0.3 is 14.8 Å². The maximum absolute atomic E-state index is 12.5. The predicted octanol–water partition coefficient (Wildman–Crippen LogP) is 4.07. The highest BCUT2D eigenvalue weighted by Crippen LogP contribution is 2.16. The second kappa shape index (κ2) is 8.18. The molecule has 0 spiro atoms. The molecule has 1 N–H and O–H groups in total. The van der Waals surface area contributed by atoms with E-state index in [2.05, 4.69) is 27.9 Å². The summed E-state index contributed by atoms with van der Waals surface area (Å²) >= 11 is 2.21. The first-order valence-corrected chi connectivity index (χ1v) is 8.91. The van der Waals surface area contributed by atoms with E-state index < -0.39 is 29.3 Å². The van der Waals surface area contributed by atoms with Gasteiger partial charge in [-0.25, -0.2) is 9.59 Å². The van der Waals surface area contributed by atoms with Crippen LogP contribution in [0.15, 0.2) is 24.3 Å². The van der Waals surface area contributed by atoms with E-state index in [9.17, 15) is 9.59 Å². The highest BCUT2D eigenvalue weighted by atomic mass is 127. The number of ether oxygens (including phenoxy) is 2. The van der Waals surface area contributed by atoms with Gasteiger partial charge in [-0.2, -0.15) is 0 Å². The van der Waals surface area contributed by atoms with E-state index >= 15 is 0 Å². The molecule has 0 aliphatic heterocycles. The molecule has 1 atom stereocenters. The Morgan fingerprint density at radius 2 is 1.58 bits per heavy atom. The number of hydrogen-bond donors (Lipinski definition) is 1. The maximum Gasteiger partial charge on any atom is 0.408 e. The standard InChI is InChI=1S/C18H26INO4/c1-17(2,3)23-15(21)14(20-16(22)24-18(4,5)6)11-12-9-7-8-10-13(12)19/h7-10,14H,11H2,1-6H3,(H,20,22)/t14-/m0/s1. The van der Waals surface area contributed by atoms with E-state index in [1.165, 1.54) is 0 Å². The summed E-state index contributed by atoms with van der Waals surface area (Å²) in [5.41, 5.74) is -0.302.